The van der Waals surface area contributed by atoms with Crippen molar-refractivity contribution in [2.45, 2.75) is 32.4 Å². The lowest BCUT2D eigenvalue weighted by Crippen LogP contribution is -2.51. The van der Waals surface area contributed by atoms with Gasteiger partial charge in [-0.25, -0.2) is 12.8 Å². The van der Waals surface area contributed by atoms with E-state index in [1.807, 2.05) is 24.3 Å². The predicted octanol–water partition coefficient (Wildman–Crippen LogP) is 3.61. The summed E-state index contributed by atoms with van der Waals surface area (Å²) in [5.74, 6) is -0.922. The second kappa shape index (κ2) is 8.09. The first-order valence-electron chi connectivity index (χ1n) is 9.02. The molecule has 0 fully saturated rings. The summed E-state index contributed by atoms with van der Waals surface area (Å²) in [5, 5.41) is -0.194. The maximum absolute atomic E-state index is 13.6. The number of rotatable bonds is 5. The van der Waals surface area contributed by atoms with E-state index in [1.54, 1.807) is 11.8 Å². The summed E-state index contributed by atoms with van der Waals surface area (Å²) < 4.78 is 39.7. The molecular weight excluding hydrogens is 403 g/mol. The van der Waals surface area contributed by atoms with Crippen molar-refractivity contribution in [2.75, 3.05) is 17.1 Å². The van der Waals surface area contributed by atoms with Gasteiger partial charge < -0.3 is 4.90 Å². The molecule has 2 aromatic carbocycles. The third-order valence-corrected chi connectivity index (χ3v) is 6.38. The van der Waals surface area contributed by atoms with Crippen molar-refractivity contribution in [3.63, 3.8) is 0 Å². The lowest BCUT2D eigenvalue weighted by Gasteiger charge is -2.36. The lowest BCUT2D eigenvalue weighted by atomic mass is 9.99. The van der Waals surface area contributed by atoms with Crippen molar-refractivity contribution >= 4 is 33.2 Å². The molecule has 0 bridgehead atoms. The summed E-state index contributed by atoms with van der Waals surface area (Å²) in [6, 6.07) is 10.6. The molecule has 1 aliphatic heterocycles. The summed E-state index contributed by atoms with van der Waals surface area (Å²) in [5.41, 5.74) is 2.43. The number of sulfonamides is 1. The number of carbonyl (C=O) groups is 1. The van der Waals surface area contributed by atoms with Crippen molar-refractivity contribution in [3.05, 3.63) is 64.4 Å². The Balaban J connectivity index is 1.94. The third-order valence-electron chi connectivity index (χ3n) is 4.91. The van der Waals surface area contributed by atoms with Gasteiger partial charge in [0.15, 0.2) is 0 Å². The van der Waals surface area contributed by atoms with E-state index in [9.17, 15) is 17.6 Å². The van der Waals surface area contributed by atoms with Crippen LogP contribution in [0.4, 0.5) is 10.1 Å². The van der Waals surface area contributed by atoms with Crippen LogP contribution in [0.15, 0.2) is 42.5 Å². The zero-order valence-electron chi connectivity index (χ0n) is 15.7. The van der Waals surface area contributed by atoms with Crippen LogP contribution in [0.1, 0.15) is 24.5 Å². The molecule has 0 saturated carbocycles. The van der Waals surface area contributed by atoms with Crippen LogP contribution in [0, 0.1) is 5.82 Å². The third kappa shape index (κ3) is 4.15. The number of fused-ring (bicyclic) bond motifs is 1. The molecular formula is C20H22ClFN2O3S. The molecule has 0 saturated heterocycles. The van der Waals surface area contributed by atoms with Crippen molar-refractivity contribution in [2.24, 2.45) is 0 Å². The summed E-state index contributed by atoms with van der Waals surface area (Å²) in [6.45, 7) is 2.71. The molecule has 2 aromatic rings. The zero-order chi connectivity index (χ0) is 20.5. The van der Waals surface area contributed by atoms with Crippen LogP contribution in [0.25, 0.3) is 0 Å². The van der Waals surface area contributed by atoms with Gasteiger partial charge in [0.05, 0.1) is 17.0 Å². The second-order valence-corrected chi connectivity index (χ2v) is 9.13. The highest BCUT2D eigenvalue weighted by Crippen LogP contribution is 2.29. The van der Waals surface area contributed by atoms with Crippen LogP contribution < -0.4 is 4.31 Å². The molecule has 0 aromatic heterocycles. The number of benzene rings is 2. The van der Waals surface area contributed by atoms with Gasteiger partial charge in [0.25, 0.3) is 0 Å². The number of nitrogens with zero attached hydrogens (tertiary/aromatic N) is 2. The average molecular weight is 425 g/mol. The van der Waals surface area contributed by atoms with Crippen LogP contribution in [-0.4, -0.2) is 38.1 Å². The van der Waals surface area contributed by atoms with Crippen molar-refractivity contribution in [1.82, 2.24) is 4.90 Å². The summed E-state index contributed by atoms with van der Waals surface area (Å²) in [6.07, 6.45) is 2.03. The van der Waals surface area contributed by atoms with E-state index in [1.165, 1.54) is 17.7 Å². The van der Waals surface area contributed by atoms with Gasteiger partial charge in [-0.05, 0) is 42.2 Å². The smallest absolute Gasteiger partial charge is 0.246 e. The van der Waals surface area contributed by atoms with E-state index >= 15 is 0 Å². The Morgan fingerprint density at radius 3 is 2.54 bits per heavy atom. The maximum atomic E-state index is 13.6. The molecule has 0 radical (unpaired) electrons. The standard InChI is InChI=1S/C20H22ClFN2O3S/c1-3-19(20(25)23-11-10-14-6-4-5-7-15(14)13-23)24(28(2,26)27)16-8-9-18(22)17(21)12-16/h4-9,12,19H,3,10-11,13H2,1-2H3. The van der Waals surface area contributed by atoms with Crippen LogP contribution in [0.5, 0.6) is 0 Å². The molecule has 3 rings (SSSR count). The SMILES string of the molecule is CCC(C(=O)N1CCc2ccccc2C1)N(c1ccc(F)c(Cl)c1)S(C)(=O)=O. The molecule has 5 nitrogen and oxygen atoms in total. The number of halogens is 2. The molecule has 1 aliphatic rings. The predicted molar refractivity (Wildman–Crippen MR) is 108 cm³/mol. The van der Waals surface area contributed by atoms with E-state index in [0.29, 0.717) is 13.1 Å². The molecule has 0 aliphatic carbocycles. The molecule has 1 heterocycles. The number of hydrogen-bond donors (Lipinski definition) is 0. The van der Waals surface area contributed by atoms with Crippen LogP contribution in [0.3, 0.4) is 0 Å². The Labute approximate surface area is 169 Å². The largest absolute Gasteiger partial charge is 0.336 e. The highest BCUT2D eigenvalue weighted by Gasteiger charge is 2.35. The fourth-order valence-corrected chi connectivity index (χ4v) is 4.93. The molecule has 1 amide bonds. The van der Waals surface area contributed by atoms with Gasteiger partial charge in [0.2, 0.25) is 15.9 Å². The van der Waals surface area contributed by atoms with Gasteiger partial charge in [-0.15, -0.1) is 0 Å². The van der Waals surface area contributed by atoms with Gasteiger partial charge in [-0.3, -0.25) is 9.10 Å². The first-order chi connectivity index (χ1) is 13.2. The highest BCUT2D eigenvalue weighted by atomic mass is 35.5. The fraction of sp³-hybridized carbons (Fsp3) is 0.350. The maximum Gasteiger partial charge on any atom is 0.246 e. The molecule has 150 valence electrons. The monoisotopic (exact) mass is 424 g/mol. The van der Waals surface area contributed by atoms with Crippen LogP contribution >= 0.6 is 11.6 Å². The Bertz CT molecular complexity index is 997. The van der Waals surface area contributed by atoms with Crippen molar-refractivity contribution < 1.29 is 17.6 Å². The first kappa shape index (κ1) is 20.6. The number of carbonyl (C=O) groups excluding carboxylic acids is 1. The minimum absolute atomic E-state index is 0.173. The number of amides is 1. The highest BCUT2D eigenvalue weighted by molar-refractivity contribution is 7.92. The first-order valence-corrected chi connectivity index (χ1v) is 11.2. The Kier molecular flexibility index (Phi) is 5.95. The van der Waals surface area contributed by atoms with Crippen molar-refractivity contribution in [3.8, 4) is 0 Å². The second-order valence-electron chi connectivity index (χ2n) is 6.86. The van der Waals surface area contributed by atoms with E-state index in [-0.39, 0.29) is 23.0 Å². The number of hydrogen-bond acceptors (Lipinski definition) is 3. The molecule has 0 spiro atoms. The van der Waals surface area contributed by atoms with Gasteiger partial charge in [0, 0.05) is 13.1 Å². The van der Waals surface area contributed by atoms with Crippen molar-refractivity contribution in [1.29, 1.82) is 0 Å². The molecule has 1 atom stereocenters. The molecule has 1 unspecified atom stereocenters. The van der Waals surface area contributed by atoms with Crippen LogP contribution in [0.2, 0.25) is 5.02 Å². The Morgan fingerprint density at radius 2 is 1.93 bits per heavy atom. The van der Waals surface area contributed by atoms with Gasteiger partial charge in [0.1, 0.15) is 11.9 Å². The molecule has 28 heavy (non-hydrogen) atoms. The minimum atomic E-state index is -3.80. The topological polar surface area (TPSA) is 57.7 Å². The minimum Gasteiger partial charge on any atom is -0.336 e. The summed E-state index contributed by atoms with van der Waals surface area (Å²) in [7, 11) is -3.80. The van der Waals surface area contributed by atoms with Gasteiger partial charge in [-0.1, -0.05) is 42.8 Å². The molecule has 8 heteroatoms. The summed E-state index contributed by atoms with van der Waals surface area (Å²) >= 11 is 5.85. The lowest BCUT2D eigenvalue weighted by molar-refractivity contribution is -0.133. The van der Waals surface area contributed by atoms with E-state index in [4.69, 9.17) is 11.6 Å². The van der Waals surface area contributed by atoms with E-state index in [0.717, 1.165) is 28.6 Å². The zero-order valence-corrected chi connectivity index (χ0v) is 17.3. The van der Waals surface area contributed by atoms with Gasteiger partial charge in [-0.2, -0.15) is 0 Å². The quantitative estimate of drug-likeness (QED) is 0.736. The van der Waals surface area contributed by atoms with Crippen LogP contribution in [-0.2, 0) is 27.8 Å². The Morgan fingerprint density at radius 1 is 1.25 bits per heavy atom. The Hall–Kier alpha value is -2.12. The molecule has 0 N–H and O–H groups in total. The van der Waals surface area contributed by atoms with E-state index < -0.39 is 21.9 Å². The van der Waals surface area contributed by atoms with E-state index in [2.05, 4.69) is 0 Å². The normalized spacial score (nSPS) is 15.1. The average Bonchev–Trinajstić information content (AvgIpc) is 2.66. The fourth-order valence-electron chi connectivity index (χ4n) is 3.56. The summed E-state index contributed by atoms with van der Waals surface area (Å²) in [4.78, 5) is 14.9. The van der Waals surface area contributed by atoms with Gasteiger partial charge >= 0.3 is 0 Å². The number of anilines is 1.